The molecule has 8 heteroatoms. The third-order valence-electron chi connectivity index (χ3n) is 4.07. The van der Waals surface area contributed by atoms with E-state index in [1.165, 1.54) is 0 Å². The Bertz CT molecular complexity index is 767. The molecule has 1 aliphatic heterocycles. The molecule has 146 valence electrons. The van der Waals surface area contributed by atoms with Crippen LogP contribution >= 0.6 is 0 Å². The number of carbonyl (C=O) groups excluding carboxylic acids is 4. The van der Waals surface area contributed by atoms with Crippen LogP contribution in [0.1, 0.15) is 38.8 Å². The molecule has 1 saturated heterocycles. The molecule has 1 aromatic rings. The quantitative estimate of drug-likeness (QED) is 0.595. The summed E-state index contributed by atoms with van der Waals surface area (Å²) < 4.78 is 4.87. The second-order valence-corrected chi connectivity index (χ2v) is 7.77. The van der Waals surface area contributed by atoms with Crippen LogP contribution in [0.3, 0.4) is 0 Å². The molecule has 0 aliphatic carbocycles. The Hall–Kier alpha value is -2.90. The van der Waals surface area contributed by atoms with Gasteiger partial charge in [0.2, 0.25) is 0 Å². The average molecular weight is 375 g/mol. The Labute approximate surface area is 158 Å². The van der Waals surface area contributed by atoms with E-state index in [0.29, 0.717) is 5.56 Å². The van der Waals surface area contributed by atoms with E-state index in [1.807, 2.05) is 19.1 Å². The number of aryl methyl sites for hydroxylation is 1. The van der Waals surface area contributed by atoms with Gasteiger partial charge in [-0.05, 0) is 40.2 Å². The minimum absolute atomic E-state index is 0.454. The molecule has 0 saturated carbocycles. The van der Waals surface area contributed by atoms with Gasteiger partial charge in [0, 0.05) is 5.54 Å². The fraction of sp³-hybridized carbons (Fsp3) is 0.474. The van der Waals surface area contributed by atoms with Gasteiger partial charge in [0.25, 0.3) is 11.8 Å². The largest absolute Gasteiger partial charge is 0.454 e. The highest BCUT2D eigenvalue weighted by molar-refractivity contribution is 6.08. The fourth-order valence-corrected chi connectivity index (χ4v) is 2.70. The number of nitrogens with zero attached hydrogens (tertiary/aromatic N) is 1. The number of nitrogens with one attached hydrogen (secondary N) is 2. The minimum atomic E-state index is -1.26. The normalized spacial score (nSPS) is 19.7. The standard InChI is InChI=1S/C19H25N3O5/c1-12-6-8-13(9-7-12)19(5)16(25)22(17(26)21-19)10-15(24)27-11-14(23)20-18(2,3)4/h6-9H,10-11H2,1-5H3,(H,20,23)(H,21,26)/t19-/m0/s1. The first-order valence-corrected chi connectivity index (χ1v) is 8.60. The smallest absolute Gasteiger partial charge is 0.326 e. The van der Waals surface area contributed by atoms with Gasteiger partial charge in [-0.15, -0.1) is 0 Å². The summed E-state index contributed by atoms with van der Waals surface area (Å²) in [5.74, 6) is -1.85. The lowest BCUT2D eigenvalue weighted by Crippen LogP contribution is -2.44. The van der Waals surface area contributed by atoms with Crippen LogP contribution in [0.25, 0.3) is 0 Å². The Kier molecular flexibility index (Phi) is 5.58. The number of rotatable bonds is 5. The SMILES string of the molecule is Cc1ccc([C@]2(C)NC(=O)N(CC(=O)OCC(=O)NC(C)(C)C)C2=O)cc1. The Morgan fingerprint density at radius 3 is 2.33 bits per heavy atom. The van der Waals surface area contributed by atoms with Gasteiger partial charge in [-0.1, -0.05) is 29.8 Å². The van der Waals surface area contributed by atoms with Gasteiger partial charge < -0.3 is 15.4 Å². The lowest BCUT2D eigenvalue weighted by atomic mass is 9.91. The first kappa shape index (κ1) is 20.4. The number of carbonyl (C=O) groups is 4. The van der Waals surface area contributed by atoms with Crippen molar-refractivity contribution in [3.05, 3.63) is 35.4 Å². The molecule has 0 spiro atoms. The molecule has 8 nitrogen and oxygen atoms in total. The molecule has 1 heterocycles. The summed E-state index contributed by atoms with van der Waals surface area (Å²) in [7, 11) is 0. The molecule has 1 atom stereocenters. The van der Waals surface area contributed by atoms with E-state index >= 15 is 0 Å². The van der Waals surface area contributed by atoms with Crippen LogP contribution in [0.5, 0.6) is 0 Å². The van der Waals surface area contributed by atoms with Crippen molar-refractivity contribution < 1.29 is 23.9 Å². The van der Waals surface area contributed by atoms with E-state index in [9.17, 15) is 19.2 Å². The van der Waals surface area contributed by atoms with Crippen LogP contribution in [0.15, 0.2) is 24.3 Å². The summed E-state index contributed by atoms with van der Waals surface area (Å²) in [5, 5.41) is 5.27. The maximum Gasteiger partial charge on any atom is 0.326 e. The maximum absolute atomic E-state index is 12.7. The van der Waals surface area contributed by atoms with Gasteiger partial charge in [0.1, 0.15) is 12.1 Å². The van der Waals surface area contributed by atoms with Crippen molar-refractivity contribution in [1.29, 1.82) is 0 Å². The van der Waals surface area contributed by atoms with Gasteiger partial charge in [-0.25, -0.2) is 4.79 Å². The highest BCUT2D eigenvalue weighted by atomic mass is 16.5. The van der Waals surface area contributed by atoms with Crippen LogP contribution in [0.2, 0.25) is 0 Å². The molecule has 0 bridgehead atoms. The van der Waals surface area contributed by atoms with Gasteiger partial charge >= 0.3 is 12.0 Å². The zero-order chi connectivity index (χ0) is 20.4. The Morgan fingerprint density at radius 1 is 1.19 bits per heavy atom. The molecular formula is C19H25N3O5. The Morgan fingerprint density at radius 2 is 1.78 bits per heavy atom. The molecule has 0 unspecified atom stereocenters. The van der Waals surface area contributed by atoms with E-state index in [4.69, 9.17) is 4.74 Å². The van der Waals surface area contributed by atoms with E-state index in [1.54, 1.807) is 39.8 Å². The van der Waals surface area contributed by atoms with E-state index in [-0.39, 0.29) is 0 Å². The van der Waals surface area contributed by atoms with Crippen LogP contribution in [-0.2, 0) is 24.7 Å². The van der Waals surface area contributed by atoms with E-state index in [2.05, 4.69) is 10.6 Å². The van der Waals surface area contributed by atoms with Crippen molar-refractivity contribution in [2.75, 3.05) is 13.2 Å². The highest BCUT2D eigenvalue weighted by Crippen LogP contribution is 2.28. The molecule has 4 amide bonds. The summed E-state index contributed by atoms with van der Waals surface area (Å²) in [5.41, 5.74) is -0.0707. The summed E-state index contributed by atoms with van der Waals surface area (Å²) in [6, 6.07) is 6.51. The van der Waals surface area contributed by atoms with Gasteiger partial charge in [0.05, 0.1) is 0 Å². The third kappa shape index (κ3) is 4.84. The number of ether oxygens (including phenoxy) is 1. The number of amides is 4. The molecule has 1 aliphatic rings. The van der Waals surface area contributed by atoms with Crippen LogP contribution in [0, 0.1) is 6.92 Å². The van der Waals surface area contributed by atoms with Gasteiger partial charge in [-0.2, -0.15) is 0 Å². The van der Waals surface area contributed by atoms with E-state index in [0.717, 1.165) is 10.5 Å². The molecule has 27 heavy (non-hydrogen) atoms. The van der Waals surface area contributed by atoms with Crippen molar-refractivity contribution in [1.82, 2.24) is 15.5 Å². The molecule has 0 radical (unpaired) electrons. The molecule has 1 aromatic carbocycles. The molecule has 1 fully saturated rings. The number of imide groups is 1. The summed E-state index contributed by atoms with van der Waals surface area (Å²) in [6.45, 7) is 7.85. The van der Waals surface area contributed by atoms with Crippen molar-refractivity contribution >= 4 is 23.8 Å². The predicted octanol–water partition coefficient (Wildman–Crippen LogP) is 1.22. The zero-order valence-electron chi connectivity index (χ0n) is 16.2. The predicted molar refractivity (Wildman–Crippen MR) is 97.6 cm³/mol. The zero-order valence-corrected chi connectivity index (χ0v) is 16.2. The number of urea groups is 1. The summed E-state index contributed by atoms with van der Waals surface area (Å²) in [4.78, 5) is 49.4. The lowest BCUT2D eigenvalue weighted by molar-refractivity contribution is -0.151. The van der Waals surface area contributed by atoms with Gasteiger partial charge in [0.15, 0.2) is 6.61 Å². The second kappa shape index (κ2) is 7.38. The highest BCUT2D eigenvalue weighted by Gasteiger charge is 2.49. The first-order chi connectivity index (χ1) is 12.4. The van der Waals surface area contributed by atoms with Crippen LogP contribution < -0.4 is 10.6 Å². The van der Waals surface area contributed by atoms with Crippen molar-refractivity contribution in [2.45, 2.75) is 45.7 Å². The summed E-state index contributed by atoms with van der Waals surface area (Å²) in [6.07, 6.45) is 0. The molecule has 2 rings (SSSR count). The monoisotopic (exact) mass is 375 g/mol. The lowest BCUT2D eigenvalue weighted by Gasteiger charge is -2.22. The fourth-order valence-electron chi connectivity index (χ4n) is 2.70. The number of benzene rings is 1. The number of hydrogen-bond donors (Lipinski definition) is 2. The second-order valence-electron chi connectivity index (χ2n) is 7.77. The minimum Gasteiger partial charge on any atom is -0.454 e. The summed E-state index contributed by atoms with van der Waals surface area (Å²) >= 11 is 0. The topological polar surface area (TPSA) is 105 Å². The molecule has 2 N–H and O–H groups in total. The van der Waals surface area contributed by atoms with Crippen molar-refractivity contribution in [3.63, 3.8) is 0 Å². The Balaban J connectivity index is 2.00. The molecule has 0 aromatic heterocycles. The van der Waals surface area contributed by atoms with Crippen LogP contribution in [0.4, 0.5) is 4.79 Å². The number of esters is 1. The maximum atomic E-state index is 12.7. The van der Waals surface area contributed by atoms with E-state index < -0.39 is 48.0 Å². The van der Waals surface area contributed by atoms with Crippen molar-refractivity contribution in [3.8, 4) is 0 Å². The molecular weight excluding hydrogens is 350 g/mol. The van der Waals surface area contributed by atoms with Crippen molar-refractivity contribution in [2.24, 2.45) is 0 Å². The number of hydrogen-bond acceptors (Lipinski definition) is 5. The first-order valence-electron chi connectivity index (χ1n) is 8.60. The van der Waals surface area contributed by atoms with Crippen LogP contribution in [-0.4, -0.2) is 47.4 Å². The third-order valence-corrected chi connectivity index (χ3v) is 4.07. The average Bonchev–Trinajstić information content (AvgIpc) is 2.76. The van der Waals surface area contributed by atoms with Gasteiger partial charge in [-0.3, -0.25) is 19.3 Å².